The molecule has 2 aromatic carbocycles. The van der Waals surface area contributed by atoms with Gasteiger partial charge in [0.25, 0.3) is 0 Å². The molecule has 4 atom stereocenters. The molecule has 9 nitrogen and oxygen atoms in total. The summed E-state index contributed by atoms with van der Waals surface area (Å²) in [5.41, 5.74) is -0.873. The molecule has 4 aliphatic rings. The summed E-state index contributed by atoms with van der Waals surface area (Å²) in [4.78, 5) is 18.3. The minimum Gasteiger partial charge on any atom is -0.508 e. The van der Waals surface area contributed by atoms with Gasteiger partial charge in [0, 0.05) is 49.2 Å². The molecule has 2 unspecified atom stereocenters. The molecule has 2 N–H and O–H groups in total. The average molecular weight is 673 g/mol. The summed E-state index contributed by atoms with van der Waals surface area (Å²) in [5, 5.41) is 15.4. The van der Waals surface area contributed by atoms with Crippen LogP contribution >= 0.6 is 0 Å². The fraction of sp³-hybridized carbons (Fsp3) is 0.486. The first-order valence-electron chi connectivity index (χ1n) is 17.0. The zero-order valence-electron chi connectivity index (χ0n) is 27.6. The SMILES string of the molecule is C#Cc1c(F)ccc2cc(O)cc(-c3ncc4c(N5CC6CCC(COC(C)C)(C5)N6)nc(OC[C@@]56CCCN5C[C@H](F)C6)nc4c3F)c12. The van der Waals surface area contributed by atoms with Gasteiger partial charge < -0.3 is 24.8 Å². The molecule has 12 heteroatoms. The summed E-state index contributed by atoms with van der Waals surface area (Å²) >= 11 is 0. The number of aromatic nitrogens is 3. The Bertz CT molecular complexity index is 2000. The van der Waals surface area contributed by atoms with Gasteiger partial charge in [-0.3, -0.25) is 9.88 Å². The molecule has 0 radical (unpaired) electrons. The number of benzene rings is 2. The second-order valence-corrected chi connectivity index (χ2v) is 14.4. The predicted molar refractivity (Wildman–Crippen MR) is 181 cm³/mol. The number of halogens is 3. The first kappa shape index (κ1) is 32.0. The van der Waals surface area contributed by atoms with Crippen LogP contribution in [0.4, 0.5) is 19.0 Å². The largest absolute Gasteiger partial charge is 0.508 e. The number of phenols is 1. The van der Waals surface area contributed by atoms with Crippen molar-refractivity contribution in [3.05, 3.63) is 47.7 Å². The Labute approximate surface area is 282 Å². The van der Waals surface area contributed by atoms with Crippen LogP contribution in [0.25, 0.3) is 32.9 Å². The molecule has 6 heterocycles. The molecule has 8 rings (SSSR count). The fourth-order valence-corrected chi connectivity index (χ4v) is 8.55. The standard InChI is InChI=1S/C37H39F3N6O3/c1-4-26-29(39)7-6-22-12-25(47)13-27(30(22)26)32-31(40)33-28(15-41-32)34(45-17-24-8-10-36(18-45,44-24)19-48-21(2)3)43-35(42-33)49-20-37-9-5-11-46(37)16-23(38)14-37/h1,6-7,12-13,15,21,23-24,44,47H,5,8-11,14,16-20H2,2-3H3/t23-,24?,36?,37+/m1/s1. The molecule has 4 aromatic rings. The lowest BCUT2D eigenvalue weighted by Gasteiger charge is -2.42. The van der Waals surface area contributed by atoms with E-state index in [-0.39, 0.29) is 63.8 Å². The van der Waals surface area contributed by atoms with E-state index in [4.69, 9.17) is 20.9 Å². The van der Waals surface area contributed by atoms with E-state index in [1.165, 1.54) is 30.5 Å². The van der Waals surface area contributed by atoms with Gasteiger partial charge in [-0.1, -0.05) is 12.0 Å². The highest BCUT2D eigenvalue weighted by atomic mass is 19.1. The van der Waals surface area contributed by atoms with Crippen molar-refractivity contribution in [2.45, 2.75) is 75.3 Å². The van der Waals surface area contributed by atoms with Crippen LogP contribution in [-0.2, 0) is 4.74 Å². The van der Waals surface area contributed by atoms with Gasteiger partial charge in [0.15, 0.2) is 5.82 Å². The number of alkyl halides is 1. The maximum Gasteiger partial charge on any atom is 0.319 e. The van der Waals surface area contributed by atoms with Gasteiger partial charge in [-0.15, -0.1) is 6.42 Å². The topological polar surface area (TPSA) is 95.9 Å². The van der Waals surface area contributed by atoms with Crippen molar-refractivity contribution in [1.82, 2.24) is 25.2 Å². The van der Waals surface area contributed by atoms with E-state index >= 15 is 4.39 Å². The van der Waals surface area contributed by atoms with Crippen LogP contribution in [0.2, 0.25) is 0 Å². The number of fused-ring (bicyclic) bond motifs is 5. The molecule has 0 saturated carbocycles. The van der Waals surface area contributed by atoms with Gasteiger partial charge in [-0.2, -0.15) is 9.97 Å². The number of anilines is 1. The molecule has 2 bridgehead atoms. The van der Waals surface area contributed by atoms with E-state index in [0.29, 0.717) is 49.3 Å². The lowest BCUT2D eigenvalue weighted by Crippen LogP contribution is -2.62. The number of rotatable bonds is 8. The van der Waals surface area contributed by atoms with E-state index in [1.54, 1.807) is 0 Å². The maximum absolute atomic E-state index is 17.0. The number of hydrogen-bond donors (Lipinski definition) is 2. The van der Waals surface area contributed by atoms with Crippen molar-refractivity contribution in [3.8, 4) is 35.4 Å². The lowest BCUT2D eigenvalue weighted by molar-refractivity contribution is 0.0310. The van der Waals surface area contributed by atoms with Crippen molar-refractivity contribution in [3.63, 3.8) is 0 Å². The van der Waals surface area contributed by atoms with Crippen LogP contribution in [-0.4, -0.2) is 93.7 Å². The molecule has 0 amide bonds. The van der Waals surface area contributed by atoms with Crippen LogP contribution in [0.1, 0.15) is 51.5 Å². The van der Waals surface area contributed by atoms with Crippen LogP contribution < -0.4 is 15.0 Å². The number of nitrogens with zero attached hydrogens (tertiary/aromatic N) is 5. The second kappa shape index (κ2) is 12.0. The first-order valence-corrected chi connectivity index (χ1v) is 17.0. The molecule has 0 aliphatic carbocycles. The van der Waals surface area contributed by atoms with Gasteiger partial charge in [0.2, 0.25) is 0 Å². The highest BCUT2D eigenvalue weighted by Gasteiger charge is 2.50. The number of hydrogen-bond acceptors (Lipinski definition) is 9. The highest BCUT2D eigenvalue weighted by Crippen LogP contribution is 2.42. The van der Waals surface area contributed by atoms with Crippen molar-refractivity contribution in [2.75, 3.05) is 44.3 Å². The average Bonchev–Trinajstić information content (AvgIpc) is 3.71. The van der Waals surface area contributed by atoms with E-state index < -0.39 is 23.3 Å². The minimum absolute atomic E-state index is 0.0171. The Morgan fingerprint density at radius 1 is 1.16 bits per heavy atom. The quantitative estimate of drug-likeness (QED) is 0.235. The van der Waals surface area contributed by atoms with Gasteiger partial charge in [0.05, 0.1) is 34.7 Å². The van der Waals surface area contributed by atoms with E-state index in [1.807, 2.05) is 13.8 Å². The Morgan fingerprint density at radius 3 is 2.84 bits per heavy atom. The highest BCUT2D eigenvalue weighted by molar-refractivity contribution is 6.03. The van der Waals surface area contributed by atoms with Gasteiger partial charge >= 0.3 is 6.01 Å². The predicted octanol–water partition coefficient (Wildman–Crippen LogP) is 5.50. The molecule has 256 valence electrons. The number of nitrogens with one attached hydrogen (secondary N) is 1. The Kier molecular flexibility index (Phi) is 7.85. The van der Waals surface area contributed by atoms with Crippen LogP contribution in [0.5, 0.6) is 11.8 Å². The van der Waals surface area contributed by atoms with E-state index in [0.717, 1.165) is 32.2 Å². The normalized spacial score (nSPS) is 26.6. The molecular weight excluding hydrogens is 633 g/mol. The summed E-state index contributed by atoms with van der Waals surface area (Å²) in [6.45, 7) is 7.08. The third-order valence-corrected chi connectivity index (χ3v) is 10.7. The summed E-state index contributed by atoms with van der Waals surface area (Å²) < 4.78 is 58.9. The van der Waals surface area contributed by atoms with Crippen LogP contribution in [0.15, 0.2) is 30.5 Å². The van der Waals surface area contributed by atoms with Crippen LogP contribution in [0, 0.1) is 24.0 Å². The van der Waals surface area contributed by atoms with Crippen LogP contribution in [0.3, 0.4) is 0 Å². The lowest BCUT2D eigenvalue weighted by atomic mass is 9.95. The van der Waals surface area contributed by atoms with Crippen molar-refractivity contribution >= 4 is 27.5 Å². The van der Waals surface area contributed by atoms with E-state index in [9.17, 15) is 13.9 Å². The number of ether oxygens (including phenoxy) is 2. The number of aromatic hydroxyl groups is 1. The van der Waals surface area contributed by atoms with Crippen molar-refractivity contribution in [2.24, 2.45) is 0 Å². The van der Waals surface area contributed by atoms with E-state index in [2.05, 4.69) is 31.0 Å². The Balaban J connectivity index is 1.26. The zero-order valence-corrected chi connectivity index (χ0v) is 27.6. The third kappa shape index (κ3) is 5.52. The summed E-state index contributed by atoms with van der Waals surface area (Å²) in [7, 11) is 0. The number of piperazine rings is 1. The first-order chi connectivity index (χ1) is 23.6. The fourth-order valence-electron chi connectivity index (χ4n) is 8.55. The molecule has 4 aliphatic heterocycles. The summed E-state index contributed by atoms with van der Waals surface area (Å²) in [6, 6.07) is 5.63. The second-order valence-electron chi connectivity index (χ2n) is 14.4. The summed E-state index contributed by atoms with van der Waals surface area (Å²) in [6.07, 6.45) is 10.4. The number of pyridine rings is 1. The molecule has 4 saturated heterocycles. The number of terminal acetylenes is 1. The van der Waals surface area contributed by atoms with Crippen molar-refractivity contribution < 1.29 is 27.8 Å². The van der Waals surface area contributed by atoms with Gasteiger partial charge in [-0.05, 0) is 69.7 Å². The van der Waals surface area contributed by atoms with Crippen molar-refractivity contribution in [1.29, 1.82) is 0 Å². The zero-order chi connectivity index (χ0) is 34.1. The van der Waals surface area contributed by atoms with Gasteiger partial charge in [0.1, 0.15) is 41.4 Å². The molecular formula is C37H39F3N6O3. The summed E-state index contributed by atoms with van der Waals surface area (Å²) in [5.74, 6) is 1.27. The monoisotopic (exact) mass is 672 g/mol. The molecule has 4 fully saturated rings. The van der Waals surface area contributed by atoms with Gasteiger partial charge in [-0.25, -0.2) is 13.2 Å². The Morgan fingerprint density at radius 2 is 2.02 bits per heavy atom. The Hall–Kier alpha value is -4.18. The smallest absolute Gasteiger partial charge is 0.319 e. The molecule has 49 heavy (non-hydrogen) atoms. The number of phenolic OH excluding ortho intramolecular Hbond substituents is 1. The molecule has 0 spiro atoms. The minimum atomic E-state index is -0.932. The maximum atomic E-state index is 17.0. The molecule has 2 aromatic heterocycles. The third-order valence-electron chi connectivity index (χ3n) is 10.7.